The summed E-state index contributed by atoms with van der Waals surface area (Å²) in [6.07, 6.45) is 3.50. The third-order valence-corrected chi connectivity index (χ3v) is 5.84. The van der Waals surface area contributed by atoms with Crippen LogP contribution in [-0.4, -0.2) is 35.6 Å². The standard InChI is InChI=1S/C23H28N2O2S/c1-16(2)14-21(25-15-18-6-4-5-7-20(18)23(25)27)22(26)24-13-12-17-8-10-19(28-3)11-9-17/h4-11,16,21H,12-15H2,1-3H3,(H,24,26). The van der Waals surface area contributed by atoms with Gasteiger partial charge in [-0.3, -0.25) is 9.59 Å². The number of thioether (sulfide) groups is 1. The van der Waals surface area contributed by atoms with Crippen LogP contribution in [0.5, 0.6) is 0 Å². The van der Waals surface area contributed by atoms with E-state index in [4.69, 9.17) is 0 Å². The van der Waals surface area contributed by atoms with Crippen molar-refractivity contribution in [3.63, 3.8) is 0 Å². The normalized spacial score (nSPS) is 14.3. The van der Waals surface area contributed by atoms with Crippen molar-refractivity contribution in [3.8, 4) is 0 Å². The molecule has 2 aromatic rings. The van der Waals surface area contributed by atoms with E-state index in [-0.39, 0.29) is 11.8 Å². The number of rotatable bonds is 8. The van der Waals surface area contributed by atoms with Gasteiger partial charge in [-0.15, -0.1) is 11.8 Å². The molecule has 0 bridgehead atoms. The van der Waals surface area contributed by atoms with Gasteiger partial charge in [-0.1, -0.05) is 44.2 Å². The topological polar surface area (TPSA) is 49.4 Å². The second-order valence-corrected chi connectivity index (χ2v) is 8.50. The Morgan fingerprint density at radius 1 is 1.14 bits per heavy atom. The molecule has 0 saturated heterocycles. The Hall–Kier alpha value is -2.27. The Bertz CT molecular complexity index is 833. The van der Waals surface area contributed by atoms with Crippen molar-refractivity contribution in [3.05, 3.63) is 65.2 Å². The van der Waals surface area contributed by atoms with Crippen LogP contribution in [0.4, 0.5) is 0 Å². The van der Waals surface area contributed by atoms with Gasteiger partial charge in [0.2, 0.25) is 5.91 Å². The van der Waals surface area contributed by atoms with Crippen LogP contribution in [0.15, 0.2) is 53.4 Å². The first-order valence-corrected chi connectivity index (χ1v) is 11.0. The molecule has 2 aromatic carbocycles. The lowest BCUT2D eigenvalue weighted by atomic mass is 10.0. The van der Waals surface area contributed by atoms with Gasteiger partial charge in [0.15, 0.2) is 0 Å². The van der Waals surface area contributed by atoms with E-state index in [9.17, 15) is 9.59 Å². The average molecular weight is 397 g/mol. The third-order valence-electron chi connectivity index (χ3n) is 5.09. The van der Waals surface area contributed by atoms with Crippen LogP contribution in [0.25, 0.3) is 0 Å². The van der Waals surface area contributed by atoms with Crippen LogP contribution in [0.3, 0.4) is 0 Å². The fourth-order valence-electron chi connectivity index (χ4n) is 3.59. The zero-order valence-corrected chi connectivity index (χ0v) is 17.6. The minimum Gasteiger partial charge on any atom is -0.354 e. The lowest BCUT2D eigenvalue weighted by Gasteiger charge is -2.28. The van der Waals surface area contributed by atoms with Crippen LogP contribution >= 0.6 is 11.8 Å². The van der Waals surface area contributed by atoms with E-state index in [1.807, 2.05) is 24.3 Å². The van der Waals surface area contributed by atoms with Crippen LogP contribution in [0.2, 0.25) is 0 Å². The van der Waals surface area contributed by atoms with E-state index < -0.39 is 6.04 Å². The maximum atomic E-state index is 12.9. The number of benzene rings is 2. The summed E-state index contributed by atoms with van der Waals surface area (Å²) in [7, 11) is 0. The monoisotopic (exact) mass is 396 g/mol. The fourth-order valence-corrected chi connectivity index (χ4v) is 4.00. The summed E-state index contributed by atoms with van der Waals surface area (Å²) in [5, 5.41) is 3.05. The molecule has 1 unspecified atom stereocenters. The van der Waals surface area contributed by atoms with E-state index in [2.05, 4.69) is 49.7 Å². The van der Waals surface area contributed by atoms with Crippen LogP contribution < -0.4 is 5.32 Å². The predicted octanol–water partition coefficient (Wildman–Crippen LogP) is 4.14. The molecule has 1 N–H and O–H groups in total. The molecular weight excluding hydrogens is 368 g/mol. The molecule has 148 valence electrons. The van der Waals surface area contributed by atoms with Crippen molar-refractivity contribution in [2.75, 3.05) is 12.8 Å². The van der Waals surface area contributed by atoms with Gasteiger partial charge in [-0.05, 0) is 54.3 Å². The van der Waals surface area contributed by atoms with Gasteiger partial charge in [-0.2, -0.15) is 0 Å². The molecule has 4 nitrogen and oxygen atoms in total. The largest absolute Gasteiger partial charge is 0.354 e. The zero-order valence-electron chi connectivity index (χ0n) is 16.8. The number of nitrogens with one attached hydrogen (secondary N) is 1. The number of fused-ring (bicyclic) bond motifs is 1. The quantitative estimate of drug-likeness (QED) is 0.683. The molecule has 0 saturated carbocycles. The van der Waals surface area contributed by atoms with Gasteiger partial charge in [0, 0.05) is 23.5 Å². The lowest BCUT2D eigenvalue weighted by Crippen LogP contribution is -2.48. The molecule has 0 aromatic heterocycles. The predicted molar refractivity (Wildman–Crippen MR) is 114 cm³/mol. The number of carbonyl (C=O) groups is 2. The summed E-state index contributed by atoms with van der Waals surface area (Å²) in [5.41, 5.74) is 2.92. The Morgan fingerprint density at radius 2 is 1.86 bits per heavy atom. The van der Waals surface area contributed by atoms with Crippen molar-refractivity contribution in [2.45, 2.75) is 44.2 Å². The summed E-state index contributed by atoms with van der Waals surface area (Å²) in [6.45, 7) is 5.25. The van der Waals surface area contributed by atoms with E-state index in [1.165, 1.54) is 10.5 Å². The smallest absolute Gasteiger partial charge is 0.255 e. The molecular formula is C23H28N2O2S. The molecule has 0 fully saturated rings. The van der Waals surface area contributed by atoms with Gasteiger partial charge in [-0.25, -0.2) is 0 Å². The van der Waals surface area contributed by atoms with E-state index in [1.54, 1.807) is 16.7 Å². The molecule has 2 amide bonds. The minimum absolute atomic E-state index is 0.0379. The molecule has 0 spiro atoms. The first-order chi connectivity index (χ1) is 13.5. The molecule has 1 atom stereocenters. The van der Waals surface area contributed by atoms with E-state index in [0.29, 0.717) is 25.4 Å². The number of amides is 2. The minimum atomic E-state index is -0.432. The van der Waals surface area contributed by atoms with Crippen molar-refractivity contribution < 1.29 is 9.59 Å². The summed E-state index contributed by atoms with van der Waals surface area (Å²) >= 11 is 1.72. The van der Waals surface area contributed by atoms with Gasteiger partial charge in [0.05, 0.1) is 0 Å². The van der Waals surface area contributed by atoms with Gasteiger partial charge < -0.3 is 10.2 Å². The van der Waals surface area contributed by atoms with Crippen LogP contribution in [0, 0.1) is 5.92 Å². The SMILES string of the molecule is CSc1ccc(CCNC(=O)C(CC(C)C)N2Cc3ccccc3C2=O)cc1. The number of carbonyl (C=O) groups excluding carboxylic acids is 2. The number of hydrogen-bond donors (Lipinski definition) is 1. The zero-order chi connectivity index (χ0) is 20.1. The van der Waals surface area contributed by atoms with E-state index in [0.717, 1.165) is 17.5 Å². The second-order valence-electron chi connectivity index (χ2n) is 7.62. The number of nitrogens with zero attached hydrogens (tertiary/aromatic N) is 1. The molecule has 1 aliphatic heterocycles. The highest BCUT2D eigenvalue weighted by Gasteiger charge is 2.36. The summed E-state index contributed by atoms with van der Waals surface area (Å²) in [6, 6.07) is 15.6. The molecule has 1 aliphatic rings. The maximum Gasteiger partial charge on any atom is 0.255 e. The molecule has 1 heterocycles. The van der Waals surface area contributed by atoms with Crippen molar-refractivity contribution in [2.24, 2.45) is 5.92 Å². The number of hydrogen-bond acceptors (Lipinski definition) is 3. The third kappa shape index (κ3) is 4.76. The summed E-state index contributed by atoms with van der Waals surface area (Å²) in [4.78, 5) is 28.7. The Balaban J connectivity index is 1.63. The van der Waals surface area contributed by atoms with Crippen molar-refractivity contribution >= 4 is 23.6 Å². The Kier molecular flexibility index (Phi) is 6.79. The van der Waals surface area contributed by atoms with Crippen LogP contribution in [0.1, 0.15) is 41.8 Å². The fraction of sp³-hybridized carbons (Fsp3) is 0.391. The lowest BCUT2D eigenvalue weighted by molar-refractivity contribution is -0.126. The van der Waals surface area contributed by atoms with Crippen LogP contribution in [-0.2, 0) is 17.8 Å². The van der Waals surface area contributed by atoms with E-state index >= 15 is 0 Å². The molecule has 3 rings (SSSR count). The Morgan fingerprint density at radius 3 is 2.50 bits per heavy atom. The molecule has 0 radical (unpaired) electrons. The first-order valence-electron chi connectivity index (χ1n) is 9.79. The highest BCUT2D eigenvalue weighted by atomic mass is 32.2. The summed E-state index contributed by atoms with van der Waals surface area (Å²) in [5.74, 6) is 0.228. The van der Waals surface area contributed by atoms with Gasteiger partial charge in [0.1, 0.15) is 6.04 Å². The maximum absolute atomic E-state index is 12.9. The van der Waals surface area contributed by atoms with Gasteiger partial charge >= 0.3 is 0 Å². The van der Waals surface area contributed by atoms with Crippen molar-refractivity contribution in [1.82, 2.24) is 10.2 Å². The first kappa shape index (κ1) is 20.5. The second kappa shape index (κ2) is 9.28. The summed E-state index contributed by atoms with van der Waals surface area (Å²) < 4.78 is 0. The highest BCUT2D eigenvalue weighted by molar-refractivity contribution is 7.98. The van der Waals surface area contributed by atoms with Crippen molar-refractivity contribution in [1.29, 1.82) is 0 Å². The highest BCUT2D eigenvalue weighted by Crippen LogP contribution is 2.26. The average Bonchev–Trinajstić information content (AvgIpc) is 3.03. The molecule has 28 heavy (non-hydrogen) atoms. The molecule has 5 heteroatoms. The molecule has 0 aliphatic carbocycles. The van der Waals surface area contributed by atoms with Gasteiger partial charge in [0.25, 0.3) is 5.91 Å². The Labute approximate surface area is 171 Å².